The molecule has 2 aromatic carbocycles. The molecule has 0 atom stereocenters. The summed E-state index contributed by atoms with van der Waals surface area (Å²) in [6.45, 7) is 0. The Morgan fingerprint density at radius 3 is 2.76 bits per heavy atom. The SMILES string of the molecule is Nc1ccc(SCCC(=O)Nc2ccccc2F)c(Br)c1. The second kappa shape index (κ2) is 7.47. The Hall–Kier alpha value is -1.53. The lowest BCUT2D eigenvalue weighted by Gasteiger charge is -2.07. The Labute approximate surface area is 135 Å². The number of carbonyl (C=O) groups is 1. The summed E-state index contributed by atoms with van der Waals surface area (Å²) >= 11 is 4.97. The van der Waals surface area contributed by atoms with Crippen LogP contribution in [0.25, 0.3) is 0 Å². The van der Waals surface area contributed by atoms with Crippen molar-refractivity contribution in [3.05, 3.63) is 52.8 Å². The van der Waals surface area contributed by atoms with E-state index in [1.165, 1.54) is 12.1 Å². The van der Waals surface area contributed by atoms with Crippen LogP contribution >= 0.6 is 27.7 Å². The molecule has 2 rings (SSSR count). The third-order valence-electron chi connectivity index (χ3n) is 2.69. The van der Waals surface area contributed by atoms with Crippen LogP contribution in [0.15, 0.2) is 51.8 Å². The number of nitrogens with one attached hydrogen (secondary N) is 1. The first-order valence-corrected chi connectivity index (χ1v) is 8.06. The number of rotatable bonds is 5. The minimum absolute atomic E-state index is 0.209. The molecule has 21 heavy (non-hydrogen) atoms. The molecule has 0 spiro atoms. The predicted octanol–water partition coefficient (Wildman–Crippen LogP) is 4.29. The lowest BCUT2D eigenvalue weighted by molar-refractivity contribution is -0.115. The lowest BCUT2D eigenvalue weighted by atomic mass is 10.3. The Morgan fingerprint density at radius 2 is 2.05 bits per heavy atom. The molecule has 0 radical (unpaired) electrons. The van der Waals surface area contributed by atoms with Crippen molar-refractivity contribution in [3.63, 3.8) is 0 Å². The van der Waals surface area contributed by atoms with E-state index in [2.05, 4.69) is 21.2 Å². The molecular weight excluding hydrogens is 355 g/mol. The van der Waals surface area contributed by atoms with Gasteiger partial charge < -0.3 is 11.1 Å². The maximum Gasteiger partial charge on any atom is 0.225 e. The van der Waals surface area contributed by atoms with E-state index in [1.807, 2.05) is 18.2 Å². The van der Waals surface area contributed by atoms with Crippen molar-refractivity contribution in [1.29, 1.82) is 0 Å². The van der Waals surface area contributed by atoms with Gasteiger partial charge >= 0.3 is 0 Å². The molecule has 0 aliphatic carbocycles. The molecule has 0 heterocycles. The van der Waals surface area contributed by atoms with Crippen LogP contribution in [0.3, 0.4) is 0 Å². The van der Waals surface area contributed by atoms with Crippen LogP contribution in [0.2, 0.25) is 0 Å². The molecule has 0 unspecified atom stereocenters. The summed E-state index contributed by atoms with van der Waals surface area (Å²) in [4.78, 5) is 12.8. The molecule has 0 aliphatic heterocycles. The molecule has 110 valence electrons. The fourth-order valence-corrected chi connectivity index (χ4v) is 3.27. The number of para-hydroxylation sites is 1. The highest BCUT2D eigenvalue weighted by atomic mass is 79.9. The van der Waals surface area contributed by atoms with E-state index in [1.54, 1.807) is 23.9 Å². The van der Waals surface area contributed by atoms with Crippen LogP contribution < -0.4 is 11.1 Å². The van der Waals surface area contributed by atoms with Crippen LogP contribution in [0.1, 0.15) is 6.42 Å². The molecule has 2 aromatic rings. The van der Waals surface area contributed by atoms with Gasteiger partial charge in [-0.1, -0.05) is 12.1 Å². The highest BCUT2D eigenvalue weighted by molar-refractivity contribution is 9.10. The quantitative estimate of drug-likeness (QED) is 0.611. The van der Waals surface area contributed by atoms with Crippen molar-refractivity contribution in [2.75, 3.05) is 16.8 Å². The molecule has 0 aliphatic rings. The number of halogens is 2. The van der Waals surface area contributed by atoms with Gasteiger partial charge in [0.1, 0.15) is 5.82 Å². The Bertz CT molecular complexity index is 651. The maximum absolute atomic E-state index is 13.4. The molecule has 0 fully saturated rings. The van der Waals surface area contributed by atoms with Crippen LogP contribution in [0.4, 0.5) is 15.8 Å². The van der Waals surface area contributed by atoms with E-state index in [0.29, 0.717) is 17.9 Å². The molecular formula is C15H14BrFN2OS. The summed E-state index contributed by atoms with van der Waals surface area (Å²) in [5.74, 6) is -0.0399. The summed E-state index contributed by atoms with van der Waals surface area (Å²) in [5.41, 5.74) is 6.56. The third kappa shape index (κ3) is 4.75. The average Bonchev–Trinajstić information content (AvgIpc) is 2.44. The highest BCUT2D eigenvalue weighted by Crippen LogP contribution is 2.29. The van der Waals surface area contributed by atoms with E-state index in [4.69, 9.17) is 5.73 Å². The number of benzene rings is 2. The number of hydrogen-bond acceptors (Lipinski definition) is 3. The standard InChI is InChI=1S/C15H14BrFN2OS/c16-11-9-10(18)5-6-14(11)21-8-7-15(20)19-13-4-2-1-3-12(13)17/h1-6,9H,7-8,18H2,(H,19,20). The van der Waals surface area contributed by atoms with Gasteiger partial charge in [0.2, 0.25) is 5.91 Å². The number of hydrogen-bond donors (Lipinski definition) is 2. The van der Waals surface area contributed by atoms with E-state index in [0.717, 1.165) is 9.37 Å². The number of nitrogens with two attached hydrogens (primary N) is 1. The van der Waals surface area contributed by atoms with Gasteiger partial charge in [-0.25, -0.2) is 4.39 Å². The van der Waals surface area contributed by atoms with Crippen molar-refractivity contribution in [2.45, 2.75) is 11.3 Å². The van der Waals surface area contributed by atoms with Gasteiger partial charge in [0, 0.05) is 27.2 Å². The molecule has 0 bridgehead atoms. The van der Waals surface area contributed by atoms with Gasteiger partial charge in [-0.15, -0.1) is 11.8 Å². The molecule has 3 N–H and O–H groups in total. The topological polar surface area (TPSA) is 55.1 Å². The van der Waals surface area contributed by atoms with Crippen molar-refractivity contribution in [3.8, 4) is 0 Å². The largest absolute Gasteiger partial charge is 0.399 e. The minimum Gasteiger partial charge on any atom is -0.399 e. The predicted molar refractivity (Wildman–Crippen MR) is 88.9 cm³/mol. The van der Waals surface area contributed by atoms with Crippen molar-refractivity contribution in [2.24, 2.45) is 0 Å². The fourth-order valence-electron chi connectivity index (χ4n) is 1.66. The van der Waals surface area contributed by atoms with E-state index >= 15 is 0 Å². The number of carbonyl (C=O) groups excluding carboxylic acids is 1. The van der Waals surface area contributed by atoms with E-state index < -0.39 is 5.82 Å². The normalized spacial score (nSPS) is 10.4. The van der Waals surface area contributed by atoms with Crippen LogP contribution in [0.5, 0.6) is 0 Å². The number of amides is 1. The molecule has 0 saturated heterocycles. The molecule has 1 amide bonds. The first-order chi connectivity index (χ1) is 10.1. The van der Waals surface area contributed by atoms with E-state index in [-0.39, 0.29) is 11.6 Å². The monoisotopic (exact) mass is 368 g/mol. The van der Waals surface area contributed by atoms with Crippen molar-refractivity contribution in [1.82, 2.24) is 0 Å². The molecule has 0 saturated carbocycles. The zero-order valence-electron chi connectivity index (χ0n) is 11.1. The second-order valence-corrected chi connectivity index (χ2v) is 6.31. The third-order valence-corrected chi connectivity index (χ3v) is 4.68. The highest BCUT2D eigenvalue weighted by Gasteiger charge is 2.07. The van der Waals surface area contributed by atoms with Gasteiger partial charge in [0.15, 0.2) is 0 Å². The van der Waals surface area contributed by atoms with Gasteiger partial charge in [-0.3, -0.25) is 4.79 Å². The van der Waals surface area contributed by atoms with Gasteiger partial charge in [0.25, 0.3) is 0 Å². The Balaban J connectivity index is 1.83. The maximum atomic E-state index is 13.4. The Morgan fingerprint density at radius 1 is 1.29 bits per heavy atom. The van der Waals surface area contributed by atoms with Crippen LogP contribution in [-0.2, 0) is 4.79 Å². The second-order valence-electron chi connectivity index (χ2n) is 4.32. The first-order valence-electron chi connectivity index (χ1n) is 6.28. The van der Waals surface area contributed by atoms with Crippen molar-refractivity contribution >= 4 is 45.0 Å². The molecule has 0 aromatic heterocycles. The molecule has 3 nitrogen and oxygen atoms in total. The summed E-state index contributed by atoms with van der Waals surface area (Å²) in [7, 11) is 0. The smallest absolute Gasteiger partial charge is 0.225 e. The summed E-state index contributed by atoms with van der Waals surface area (Å²) < 4.78 is 14.3. The zero-order valence-corrected chi connectivity index (χ0v) is 13.5. The fraction of sp³-hybridized carbons (Fsp3) is 0.133. The van der Waals surface area contributed by atoms with Gasteiger partial charge in [-0.05, 0) is 46.3 Å². The van der Waals surface area contributed by atoms with Crippen LogP contribution in [0, 0.1) is 5.82 Å². The average molecular weight is 369 g/mol. The summed E-state index contributed by atoms with van der Waals surface area (Å²) in [5, 5.41) is 2.56. The lowest BCUT2D eigenvalue weighted by Crippen LogP contribution is -2.13. The summed E-state index contributed by atoms with van der Waals surface area (Å²) in [6.07, 6.45) is 0.301. The van der Waals surface area contributed by atoms with Gasteiger partial charge in [0.05, 0.1) is 5.69 Å². The summed E-state index contributed by atoms with van der Waals surface area (Å²) in [6, 6.07) is 11.7. The van der Waals surface area contributed by atoms with E-state index in [9.17, 15) is 9.18 Å². The first kappa shape index (κ1) is 15.9. The van der Waals surface area contributed by atoms with Crippen LogP contribution in [-0.4, -0.2) is 11.7 Å². The molecule has 6 heteroatoms. The number of thioether (sulfide) groups is 1. The number of nitrogen functional groups attached to an aromatic ring is 1. The van der Waals surface area contributed by atoms with Crippen molar-refractivity contribution < 1.29 is 9.18 Å². The minimum atomic E-state index is -0.431. The van der Waals surface area contributed by atoms with Gasteiger partial charge in [-0.2, -0.15) is 0 Å². The number of anilines is 2. The Kier molecular flexibility index (Phi) is 5.64. The zero-order chi connectivity index (χ0) is 15.2.